The molecule has 10 heteroatoms. The van der Waals surface area contributed by atoms with Gasteiger partial charge in [0.25, 0.3) is 0 Å². The predicted octanol–water partition coefficient (Wildman–Crippen LogP) is 3.88. The van der Waals surface area contributed by atoms with Crippen molar-refractivity contribution in [3.05, 3.63) is 28.3 Å². The minimum absolute atomic E-state index is 0.0311. The Bertz CT molecular complexity index is 1170. The van der Waals surface area contributed by atoms with Crippen LogP contribution in [0.4, 0.5) is 0 Å². The second-order valence-corrected chi connectivity index (χ2v) is 16.6. The topological polar surface area (TPSA) is 104 Å². The number of fused-ring (bicyclic) bond motifs is 2. The van der Waals surface area contributed by atoms with E-state index in [4.69, 9.17) is 9.41 Å². The quantitative estimate of drug-likeness (QED) is 0.469. The molecule has 2 N–H and O–H groups in total. The number of β-lactam (4-membered cyclic amide) rings is 1. The van der Waals surface area contributed by atoms with Crippen molar-refractivity contribution in [1.82, 2.24) is 14.3 Å². The number of thiazole rings is 1. The number of aliphatic hydroxyl groups is 1. The summed E-state index contributed by atoms with van der Waals surface area (Å²) >= 11 is 1.48. The Balaban J connectivity index is 1.73. The highest BCUT2D eigenvalue weighted by molar-refractivity contribution is 7.18. The number of carboxylic acid groups (broad SMARTS) is 1. The van der Waals surface area contributed by atoms with Crippen LogP contribution in [0.1, 0.15) is 51.0 Å². The number of aliphatic carboxylic acids is 1. The van der Waals surface area contributed by atoms with Gasteiger partial charge < -0.3 is 19.5 Å². The minimum atomic E-state index is -1.96. The summed E-state index contributed by atoms with van der Waals surface area (Å²) in [5.74, 6) is -1.40. The second kappa shape index (κ2) is 7.76. The van der Waals surface area contributed by atoms with Crippen LogP contribution in [0.2, 0.25) is 18.1 Å². The molecule has 4 rings (SSSR count). The van der Waals surface area contributed by atoms with Crippen molar-refractivity contribution >= 4 is 41.9 Å². The number of aryl methyl sites for hydroxylation is 1. The van der Waals surface area contributed by atoms with Crippen LogP contribution >= 0.6 is 11.3 Å². The highest BCUT2D eigenvalue weighted by Crippen LogP contribution is 2.51. The molecule has 4 atom stereocenters. The van der Waals surface area contributed by atoms with Crippen LogP contribution in [-0.4, -0.2) is 56.8 Å². The molecule has 2 aromatic heterocycles. The van der Waals surface area contributed by atoms with E-state index in [0.717, 1.165) is 21.2 Å². The average Bonchev–Trinajstić information content (AvgIpc) is 3.29. The highest BCUT2D eigenvalue weighted by atomic mass is 32.1. The summed E-state index contributed by atoms with van der Waals surface area (Å²) in [5.41, 5.74) is 1.52. The Morgan fingerprint density at radius 2 is 2.00 bits per heavy atom. The Hall–Kier alpha value is -2.01. The smallest absolute Gasteiger partial charge is 0.352 e. The summed E-state index contributed by atoms with van der Waals surface area (Å²) in [7, 11) is -1.96. The van der Waals surface area contributed by atoms with E-state index in [1.807, 2.05) is 24.4 Å². The Labute approximate surface area is 199 Å². The summed E-state index contributed by atoms with van der Waals surface area (Å²) in [4.78, 5) is 32.7. The molecule has 0 bridgehead atoms. The van der Waals surface area contributed by atoms with Crippen LogP contribution in [0.3, 0.4) is 0 Å². The van der Waals surface area contributed by atoms with Gasteiger partial charge in [-0.3, -0.25) is 9.20 Å². The molecule has 0 aromatic carbocycles. The van der Waals surface area contributed by atoms with Crippen LogP contribution in [0.15, 0.2) is 11.9 Å². The first-order chi connectivity index (χ1) is 15.2. The van der Waals surface area contributed by atoms with E-state index in [2.05, 4.69) is 33.9 Å². The van der Waals surface area contributed by atoms with Crippen molar-refractivity contribution in [2.45, 2.75) is 78.4 Å². The fraction of sp³-hybridized carbons (Fsp3) is 0.609. The molecule has 0 saturated carbocycles. The lowest BCUT2D eigenvalue weighted by atomic mass is 9.77. The first-order valence-corrected chi connectivity index (χ1v) is 15.0. The van der Waals surface area contributed by atoms with Gasteiger partial charge >= 0.3 is 5.97 Å². The largest absolute Gasteiger partial charge is 0.477 e. The van der Waals surface area contributed by atoms with Crippen molar-refractivity contribution < 1.29 is 24.2 Å². The molecular weight excluding hydrogens is 458 g/mol. The van der Waals surface area contributed by atoms with Gasteiger partial charge in [-0.05, 0) is 32.0 Å². The van der Waals surface area contributed by atoms with E-state index in [1.165, 1.54) is 16.2 Å². The van der Waals surface area contributed by atoms with E-state index in [-0.39, 0.29) is 28.6 Å². The number of nitrogens with zero attached hydrogens (tertiary/aromatic N) is 3. The number of rotatable bonds is 6. The third-order valence-electron chi connectivity index (χ3n) is 7.58. The van der Waals surface area contributed by atoms with Crippen LogP contribution < -0.4 is 0 Å². The van der Waals surface area contributed by atoms with Crippen molar-refractivity contribution in [3.8, 4) is 0 Å². The monoisotopic (exact) mass is 491 g/mol. The molecule has 1 amide bonds. The predicted molar refractivity (Wildman–Crippen MR) is 129 cm³/mol. The Kier molecular flexibility index (Phi) is 5.67. The van der Waals surface area contributed by atoms with Crippen molar-refractivity contribution in [2.75, 3.05) is 0 Å². The molecule has 2 aliphatic heterocycles. The van der Waals surface area contributed by atoms with Crippen LogP contribution in [-0.2, 0) is 20.6 Å². The minimum Gasteiger partial charge on any atom is -0.477 e. The SMILES string of the molecule is Cc1nc(CO[Si](C)(C)C(C)(C)C)c2sc(C3=C(C(=O)O)N4C(=O)[C@H]([C@@H](C)O)[C@H]4[C@H]3C)cn12. The van der Waals surface area contributed by atoms with Gasteiger partial charge in [0.05, 0.1) is 29.5 Å². The summed E-state index contributed by atoms with van der Waals surface area (Å²) < 4.78 is 8.38. The average molecular weight is 492 g/mol. The first kappa shape index (κ1) is 24.1. The van der Waals surface area contributed by atoms with Crippen LogP contribution in [0, 0.1) is 18.8 Å². The number of amides is 1. The fourth-order valence-electron chi connectivity index (χ4n) is 4.67. The number of aromatic nitrogens is 2. The number of aliphatic hydroxyl groups excluding tert-OH is 1. The molecular formula is C23H33N3O5SSi. The molecule has 33 heavy (non-hydrogen) atoms. The molecule has 0 spiro atoms. The molecule has 0 aliphatic carbocycles. The summed E-state index contributed by atoms with van der Waals surface area (Å²) in [6.45, 7) is 16.9. The molecule has 1 fully saturated rings. The van der Waals surface area contributed by atoms with Gasteiger partial charge in [-0.1, -0.05) is 27.7 Å². The van der Waals surface area contributed by atoms with E-state index in [1.54, 1.807) is 6.92 Å². The molecule has 0 unspecified atom stereocenters. The second-order valence-electron chi connectivity index (χ2n) is 10.7. The summed E-state index contributed by atoms with van der Waals surface area (Å²) in [5, 5.41) is 20.1. The van der Waals surface area contributed by atoms with E-state index in [0.29, 0.717) is 12.2 Å². The number of hydrogen-bond donors (Lipinski definition) is 2. The van der Waals surface area contributed by atoms with E-state index in [9.17, 15) is 19.8 Å². The van der Waals surface area contributed by atoms with Gasteiger partial charge in [0, 0.05) is 17.7 Å². The lowest BCUT2D eigenvalue weighted by Gasteiger charge is -2.46. The van der Waals surface area contributed by atoms with Crippen LogP contribution in [0.5, 0.6) is 0 Å². The standard InChI is InChI=1S/C23H33N3O5SSi/c1-11-16(19(22(29)30)26-18(11)17(12(2)27)20(26)28)15-9-25-13(3)24-14(21(25)32-15)10-31-33(7,8)23(4,5)6/h9,11-12,17-18,27H,10H2,1-8H3,(H,29,30)/t11-,12+,17+,18+/m0/s1. The lowest BCUT2D eigenvalue weighted by Crippen LogP contribution is -2.63. The third kappa shape index (κ3) is 3.58. The molecule has 2 aromatic rings. The van der Waals surface area contributed by atoms with Gasteiger partial charge in [-0.15, -0.1) is 11.3 Å². The lowest BCUT2D eigenvalue weighted by molar-refractivity contribution is -0.163. The molecule has 4 heterocycles. The van der Waals surface area contributed by atoms with Gasteiger partial charge in [-0.2, -0.15) is 0 Å². The number of carboxylic acids is 1. The summed E-state index contributed by atoms with van der Waals surface area (Å²) in [6.07, 6.45) is 1.10. The highest BCUT2D eigenvalue weighted by Gasteiger charge is 2.60. The third-order valence-corrected chi connectivity index (χ3v) is 13.2. The molecule has 180 valence electrons. The molecule has 1 saturated heterocycles. The molecule has 0 radical (unpaired) electrons. The maximum Gasteiger partial charge on any atom is 0.352 e. The van der Waals surface area contributed by atoms with Crippen molar-refractivity contribution in [2.24, 2.45) is 11.8 Å². The number of carbonyl (C=O) groups is 2. The zero-order valence-corrected chi connectivity index (χ0v) is 22.3. The van der Waals surface area contributed by atoms with Gasteiger partial charge in [0.2, 0.25) is 5.91 Å². The maximum atomic E-state index is 12.7. The number of carbonyl (C=O) groups excluding carboxylic acids is 1. The normalized spacial score (nSPS) is 24.5. The first-order valence-electron chi connectivity index (χ1n) is 11.3. The van der Waals surface area contributed by atoms with Gasteiger partial charge in [0.15, 0.2) is 8.32 Å². The molecule has 8 nitrogen and oxygen atoms in total. The number of imidazole rings is 1. The van der Waals surface area contributed by atoms with Crippen molar-refractivity contribution in [3.63, 3.8) is 0 Å². The summed E-state index contributed by atoms with van der Waals surface area (Å²) in [6, 6.07) is -0.333. The zero-order chi connectivity index (χ0) is 24.6. The Morgan fingerprint density at radius 3 is 2.55 bits per heavy atom. The number of hydrogen-bond acceptors (Lipinski definition) is 6. The van der Waals surface area contributed by atoms with E-state index >= 15 is 0 Å². The van der Waals surface area contributed by atoms with Gasteiger partial charge in [0.1, 0.15) is 22.0 Å². The van der Waals surface area contributed by atoms with Crippen LogP contribution in [0.25, 0.3) is 10.4 Å². The maximum absolute atomic E-state index is 12.7. The van der Waals surface area contributed by atoms with Gasteiger partial charge in [-0.25, -0.2) is 9.78 Å². The zero-order valence-electron chi connectivity index (χ0n) is 20.5. The Morgan fingerprint density at radius 1 is 1.36 bits per heavy atom. The van der Waals surface area contributed by atoms with E-state index < -0.39 is 26.3 Å². The molecule has 2 aliphatic rings. The van der Waals surface area contributed by atoms with Crippen molar-refractivity contribution in [1.29, 1.82) is 0 Å². The fourth-order valence-corrected chi connectivity index (χ4v) is 6.86.